The van der Waals surface area contributed by atoms with Crippen LogP contribution in [0.5, 0.6) is 0 Å². The van der Waals surface area contributed by atoms with Crippen LogP contribution in [0.25, 0.3) is 0 Å². The number of nitriles is 1. The number of hydrogen-bond acceptors (Lipinski definition) is 2. The summed E-state index contributed by atoms with van der Waals surface area (Å²) in [4.78, 5) is 0. The minimum Gasteiger partial charge on any atom is -0.384 e. The van der Waals surface area contributed by atoms with Crippen molar-refractivity contribution < 1.29 is 5.11 Å². The van der Waals surface area contributed by atoms with Gasteiger partial charge in [0.05, 0.1) is 11.6 Å². The van der Waals surface area contributed by atoms with E-state index in [0.717, 1.165) is 5.56 Å². The Bertz CT molecular complexity index is 514. The van der Waals surface area contributed by atoms with Crippen LogP contribution in [0, 0.1) is 11.3 Å². The molecule has 1 N–H and O–H groups in total. The molecule has 0 bridgehead atoms. The fraction of sp³-hybridized carbons (Fsp3) is 0.0714. The molecule has 0 heterocycles. The van der Waals surface area contributed by atoms with E-state index in [0.29, 0.717) is 11.1 Å². The summed E-state index contributed by atoms with van der Waals surface area (Å²) in [5.41, 5.74) is 1.96. The molecule has 2 aromatic carbocycles. The molecule has 0 amide bonds. The second-order valence-corrected chi connectivity index (χ2v) is 3.51. The van der Waals surface area contributed by atoms with Crippen LogP contribution >= 0.6 is 0 Å². The average Bonchev–Trinajstić information content (AvgIpc) is 2.39. The summed E-state index contributed by atoms with van der Waals surface area (Å²) in [5.74, 6) is 0. The van der Waals surface area contributed by atoms with E-state index in [2.05, 4.69) is 6.07 Å². The summed E-state index contributed by atoms with van der Waals surface area (Å²) in [6, 6.07) is 18.5. The lowest BCUT2D eigenvalue weighted by Gasteiger charge is -2.12. The molecule has 0 radical (unpaired) electrons. The third-order valence-corrected chi connectivity index (χ3v) is 2.49. The molecule has 0 aliphatic rings. The van der Waals surface area contributed by atoms with Crippen molar-refractivity contribution in [3.05, 3.63) is 71.3 Å². The summed E-state index contributed by atoms with van der Waals surface area (Å²) in [6.07, 6.45) is -0.739. The van der Waals surface area contributed by atoms with Gasteiger partial charge in [0.1, 0.15) is 6.10 Å². The molecule has 16 heavy (non-hydrogen) atoms. The minimum atomic E-state index is -0.739. The maximum atomic E-state index is 10.2. The van der Waals surface area contributed by atoms with Crippen molar-refractivity contribution >= 4 is 0 Å². The fourth-order valence-electron chi connectivity index (χ4n) is 1.65. The van der Waals surface area contributed by atoms with Crippen LogP contribution in [0.4, 0.5) is 0 Å². The fourth-order valence-corrected chi connectivity index (χ4v) is 1.65. The van der Waals surface area contributed by atoms with Gasteiger partial charge in [0.25, 0.3) is 0 Å². The maximum absolute atomic E-state index is 10.2. The molecule has 0 unspecified atom stereocenters. The lowest BCUT2D eigenvalue weighted by molar-refractivity contribution is 0.220. The van der Waals surface area contributed by atoms with E-state index in [1.807, 2.05) is 36.4 Å². The van der Waals surface area contributed by atoms with Gasteiger partial charge < -0.3 is 5.11 Å². The van der Waals surface area contributed by atoms with Crippen molar-refractivity contribution in [1.29, 1.82) is 5.26 Å². The minimum absolute atomic E-state index is 0.513. The van der Waals surface area contributed by atoms with E-state index >= 15 is 0 Å². The Morgan fingerprint density at radius 3 is 2.25 bits per heavy atom. The average molecular weight is 209 g/mol. The lowest BCUT2D eigenvalue weighted by Crippen LogP contribution is -2.01. The van der Waals surface area contributed by atoms with E-state index in [4.69, 9.17) is 5.26 Å². The normalized spacial score (nSPS) is 11.8. The summed E-state index contributed by atoms with van der Waals surface area (Å²) in [6.45, 7) is 0. The maximum Gasteiger partial charge on any atom is 0.105 e. The molecule has 2 aromatic rings. The van der Waals surface area contributed by atoms with E-state index in [9.17, 15) is 5.11 Å². The standard InChI is InChI=1S/C14H11NO/c15-10-12-8-4-5-9-13(12)14(16)11-6-2-1-3-7-11/h1-9,14,16H/t14-/m0/s1. The molecule has 2 nitrogen and oxygen atoms in total. The van der Waals surface area contributed by atoms with Gasteiger partial charge in [0.15, 0.2) is 0 Å². The van der Waals surface area contributed by atoms with Crippen molar-refractivity contribution in [2.45, 2.75) is 6.10 Å². The highest BCUT2D eigenvalue weighted by Gasteiger charge is 2.13. The zero-order valence-corrected chi connectivity index (χ0v) is 8.67. The highest BCUT2D eigenvalue weighted by atomic mass is 16.3. The third kappa shape index (κ3) is 1.95. The predicted molar refractivity (Wildman–Crippen MR) is 61.7 cm³/mol. The molecule has 0 saturated heterocycles. The largest absolute Gasteiger partial charge is 0.384 e. The molecule has 0 aromatic heterocycles. The zero-order chi connectivity index (χ0) is 11.4. The topological polar surface area (TPSA) is 44.0 Å². The number of benzene rings is 2. The zero-order valence-electron chi connectivity index (χ0n) is 8.67. The third-order valence-electron chi connectivity index (χ3n) is 2.49. The van der Waals surface area contributed by atoms with Crippen LogP contribution in [0.15, 0.2) is 54.6 Å². The van der Waals surface area contributed by atoms with Gasteiger partial charge in [0, 0.05) is 5.56 Å². The molecule has 0 fully saturated rings. The van der Waals surface area contributed by atoms with Crippen LogP contribution in [0.1, 0.15) is 22.8 Å². The Labute approximate surface area is 94.4 Å². The molecule has 0 aliphatic heterocycles. The Kier molecular flexibility index (Phi) is 3.00. The first-order chi connectivity index (χ1) is 7.83. The first kappa shape index (κ1) is 10.4. The van der Waals surface area contributed by atoms with Gasteiger partial charge in [-0.15, -0.1) is 0 Å². The second-order valence-electron chi connectivity index (χ2n) is 3.51. The van der Waals surface area contributed by atoms with Gasteiger partial charge in [-0.25, -0.2) is 0 Å². The molecular formula is C14H11NO. The van der Waals surface area contributed by atoms with Crippen molar-refractivity contribution in [1.82, 2.24) is 0 Å². The molecule has 0 spiro atoms. The molecular weight excluding hydrogens is 198 g/mol. The van der Waals surface area contributed by atoms with Crippen molar-refractivity contribution in [3.63, 3.8) is 0 Å². The van der Waals surface area contributed by atoms with Crippen molar-refractivity contribution in [2.24, 2.45) is 0 Å². The molecule has 2 rings (SSSR count). The molecule has 2 heteroatoms. The van der Waals surface area contributed by atoms with E-state index in [-0.39, 0.29) is 0 Å². The number of hydrogen-bond donors (Lipinski definition) is 1. The Balaban J connectivity index is 2.42. The van der Waals surface area contributed by atoms with Crippen LogP contribution < -0.4 is 0 Å². The van der Waals surface area contributed by atoms with Crippen LogP contribution in [-0.2, 0) is 0 Å². The van der Waals surface area contributed by atoms with E-state index in [1.165, 1.54) is 0 Å². The van der Waals surface area contributed by atoms with Gasteiger partial charge in [-0.2, -0.15) is 5.26 Å². The summed E-state index contributed by atoms with van der Waals surface area (Å²) in [7, 11) is 0. The monoisotopic (exact) mass is 209 g/mol. The predicted octanol–water partition coefficient (Wildman–Crippen LogP) is 2.64. The number of rotatable bonds is 2. The van der Waals surface area contributed by atoms with Crippen molar-refractivity contribution in [2.75, 3.05) is 0 Å². The Morgan fingerprint density at radius 1 is 0.938 bits per heavy atom. The first-order valence-electron chi connectivity index (χ1n) is 5.05. The highest BCUT2D eigenvalue weighted by Crippen LogP contribution is 2.24. The van der Waals surface area contributed by atoms with Gasteiger partial charge in [0.2, 0.25) is 0 Å². The van der Waals surface area contributed by atoms with E-state index in [1.54, 1.807) is 18.2 Å². The number of aliphatic hydroxyl groups excluding tert-OH is 1. The lowest BCUT2D eigenvalue weighted by atomic mass is 9.97. The van der Waals surface area contributed by atoms with E-state index < -0.39 is 6.10 Å². The summed E-state index contributed by atoms with van der Waals surface area (Å²) >= 11 is 0. The number of aliphatic hydroxyl groups is 1. The molecule has 0 saturated carbocycles. The SMILES string of the molecule is N#Cc1ccccc1[C@@H](O)c1ccccc1. The molecule has 1 atom stereocenters. The Morgan fingerprint density at radius 2 is 1.56 bits per heavy atom. The van der Waals surface area contributed by atoms with Gasteiger partial charge in [-0.1, -0.05) is 48.5 Å². The van der Waals surface area contributed by atoms with Crippen molar-refractivity contribution in [3.8, 4) is 6.07 Å². The second kappa shape index (κ2) is 4.61. The van der Waals surface area contributed by atoms with Crippen LogP contribution in [0.2, 0.25) is 0 Å². The summed E-state index contributed by atoms with van der Waals surface area (Å²) < 4.78 is 0. The Hall–Kier alpha value is -2.11. The van der Waals surface area contributed by atoms with Gasteiger partial charge >= 0.3 is 0 Å². The molecule has 0 aliphatic carbocycles. The smallest absolute Gasteiger partial charge is 0.105 e. The van der Waals surface area contributed by atoms with Gasteiger partial charge in [-0.3, -0.25) is 0 Å². The van der Waals surface area contributed by atoms with Crippen LogP contribution in [-0.4, -0.2) is 5.11 Å². The first-order valence-corrected chi connectivity index (χ1v) is 5.05. The molecule has 78 valence electrons. The highest BCUT2D eigenvalue weighted by molar-refractivity contribution is 5.42. The summed E-state index contributed by atoms with van der Waals surface area (Å²) in [5, 5.41) is 19.1. The van der Waals surface area contributed by atoms with Crippen LogP contribution in [0.3, 0.4) is 0 Å². The van der Waals surface area contributed by atoms with Gasteiger partial charge in [-0.05, 0) is 11.6 Å². The number of nitrogens with zero attached hydrogens (tertiary/aromatic N) is 1. The quantitative estimate of drug-likeness (QED) is 0.826.